The van der Waals surface area contributed by atoms with E-state index in [4.69, 9.17) is 10.00 Å². The van der Waals surface area contributed by atoms with Crippen LogP contribution < -0.4 is 10.1 Å². The summed E-state index contributed by atoms with van der Waals surface area (Å²) in [6.07, 6.45) is 2.41. The first-order chi connectivity index (χ1) is 11.7. The summed E-state index contributed by atoms with van der Waals surface area (Å²) in [5, 5.41) is 11.1. The molecule has 0 unspecified atom stereocenters. The Labute approximate surface area is 139 Å². The van der Waals surface area contributed by atoms with Gasteiger partial charge in [0.2, 0.25) is 0 Å². The summed E-state index contributed by atoms with van der Waals surface area (Å²) >= 11 is 0. The third-order valence-corrected chi connectivity index (χ3v) is 3.94. The molecule has 3 rings (SSSR count). The number of carbonyl (C=O) groups is 2. The molecular formula is C19H16N2O3. The molecule has 0 aromatic heterocycles. The topological polar surface area (TPSA) is 79.2 Å². The monoisotopic (exact) mass is 320 g/mol. The summed E-state index contributed by atoms with van der Waals surface area (Å²) in [7, 11) is 0. The van der Waals surface area contributed by atoms with Crippen molar-refractivity contribution in [1.29, 1.82) is 5.26 Å². The highest BCUT2D eigenvalue weighted by Crippen LogP contribution is 2.21. The van der Waals surface area contributed by atoms with Crippen molar-refractivity contribution in [3.8, 4) is 11.8 Å². The second kappa shape index (κ2) is 6.97. The van der Waals surface area contributed by atoms with Gasteiger partial charge in [0.05, 0.1) is 29.4 Å². The van der Waals surface area contributed by atoms with Gasteiger partial charge in [-0.25, -0.2) is 0 Å². The van der Waals surface area contributed by atoms with Crippen LogP contribution in [-0.2, 0) is 6.42 Å². The number of carbonyl (C=O) groups excluding carboxylic acids is 2. The van der Waals surface area contributed by atoms with Gasteiger partial charge in [-0.2, -0.15) is 5.26 Å². The molecule has 1 N–H and O–H groups in total. The Morgan fingerprint density at radius 1 is 1.00 bits per heavy atom. The van der Waals surface area contributed by atoms with Crippen molar-refractivity contribution in [1.82, 2.24) is 5.32 Å². The molecule has 0 aliphatic carbocycles. The quantitative estimate of drug-likeness (QED) is 0.655. The zero-order chi connectivity index (χ0) is 16.9. The van der Waals surface area contributed by atoms with Crippen molar-refractivity contribution < 1.29 is 14.3 Å². The largest absolute Gasteiger partial charge is 0.494 e. The highest BCUT2D eigenvalue weighted by atomic mass is 16.5. The lowest BCUT2D eigenvalue weighted by Crippen LogP contribution is -2.20. The normalized spacial score (nSPS) is 12.5. The van der Waals surface area contributed by atoms with Crippen LogP contribution in [0.25, 0.3) is 0 Å². The number of aryl methyl sites for hydroxylation is 1. The molecule has 24 heavy (non-hydrogen) atoms. The van der Waals surface area contributed by atoms with E-state index < -0.39 is 0 Å². The number of hydrogen-bond acceptors (Lipinski definition) is 4. The first-order valence-corrected chi connectivity index (χ1v) is 7.79. The van der Waals surface area contributed by atoms with Crippen LogP contribution in [0.2, 0.25) is 0 Å². The van der Waals surface area contributed by atoms with Crippen LogP contribution in [0.5, 0.6) is 5.75 Å². The van der Waals surface area contributed by atoms with Crippen molar-refractivity contribution in [3.05, 3.63) is 64.7 Å². The number of rotatable bonds is 6. The molecule has 2 amide bonds. The maximum absolute atomic E-state index is 11.8. The zero-order valence-electron chi connectivity index (χ0n) is 13.0. The van der Waals surface area contributed by atoms with Crippen molar-refractivity contribution in [2.75, 3.05) is 6.61 Å². The standard InChI is InChI=1S/C19H16N2O3/c20-12-13-7-9-15(10-8-13)24-11-2-1-4-14-5-3-6-16-17(14)19(23)21-18(16)22/h3,5-10H,1-2,4,11H2,(H,21,22,23). The number of unbranched alkanes of at least 4 members (excludes halogenated alkanes) is 1. The van der Waals surface area contributed by atoms with E-state index in [2.05, 4.69) is 11.4 Å². The van der Waals surface area contributed by atoms with Gasteiger partial charge in [-0.1, -0.05) is 12.1 Å². The minimum atomic E-state index is -0.319. The van der Waals surface area contributed by atoms with Gasteiger partial charge in [-0.15, -0.1) is 0 Å². The Kier molecular flexibility index (Phi) is 4.57. The van der Waals surface area contributed by atoms with E-state index in [1.165, 1.54) is 0 Å². The highest BCUT2D eigenvalue weighted by Gasteiger charge is 2.28. The number of nitrogens with zero attached hydrogens (tertiary/aromatic N) is 1. The molecule has 0 radical (unpaired) electrons. The third-order valence-electron chi connectivity index (χ3n) is 3.94. The van der Waals surface area contributed by atoms with Gasteiger partial charge in [-0.3, -0.25) is 14.9 Å². The van der Waals surface area contributed by atoms with Crippen molar-refractivity contribution in [3.63, 3.8) is 0 Å². The molecule has 120 valence electrons. The molecule has 0 spiro atoms. The number of fused-ring (bicyclic) bond motifs is 1. The van der Waals surface area contributed by atoms with E-state index in [0.29, 0.717) is 23.3 Å². The van der Waals surface area contributed by atoms with E-state index in [1.54, 1.807) is 36.4 Å². The number of imide groups is 1. The first kappa shape index (κ1) is 15.8. The van der Waals surface area contributed by atoms with Gasteiger partial charge < -0.3 is 4.74 Å². The predicted octanol–water partition coefficient (Wildman–Crippen LogP) is 2.84. The Morgan fingerprint density at radius 2 is 1.79 bits per heavy atom. The third kappa shape index (κ3) is 3.28. The van der Waals surface area contributed by atoms with E-state index >= 15 is 0 Å². The maximum atomic E-state index is 11.8. The molecule has 5 heteroatoms. The summed E-state index contributed by atoms with van der Waals surface area (Å²) in [5.74, 6) is 0.111. The lowest BCUT2D eigenvalue weighted by Gasteiger charge is -2.08. The van der Waals surface area contributed by atoms with Crippen LogP contribution in [0.15, 0.2) is 42.5 Å². The number of amides is 2. The minimum Gasteiger partial charge on any atom is -0.494 e. The van der Waals surface area contributed by atoms with E-state index in [1.807, 2.05) is 6.07 Å². The SMILES string of the molecule is N#Cc1ccc(OCCCCc2cccc3c2C(=O)NC3=O)cc1. The van der Waals surface area contributed by atoms with Crippen LogP contribution in [0.1, 0.15) is 44.7 Å². The van der Waals surface area contributed by atoms with E-state index in [-0.39, 0.29) is 11.8 Å². The number of nitriles is 1. The fraction of sp³-hybridized carbons (Fsp3) is 0.211. The zero-order valence-corrected chi connectivity index (χ0v) is 13.0. The number of nitrogens with one attached hydrogen (secondary N) is 1. The molecule has 0 saturated carbocycles. The van der Waals surface area contributed by atoms with Crippen LogP contribution in [0, 0.1) is 11.3 Å². The van der Waals surface area contributed by atoms with Crippen LogP contribution in [0.4, 0.5) is 0 Å². The van der Waals surface area contributed by atoms with Gasteiger partial charge in [-0.05, 0) is 55.2 Å². The summed E-state index contributed by atoms with van der Waals surface area (Å²) in [4.78, 5) is 23.5. The lowest BCUT2D eigenvalue weighted by atomic mass is 9.98. The smallest absolute Gasteiger partial charge is 0.259 e. The van der Waals surface area contributed by atoms with Gasteiger partial charge >= 0.3 is 0 Å². The van der Waals surface area contributed by atoms with Gasteiger partial charge in [0.1, 0.15) is 5.75 Å². The lowest BCUT2D eigenvalue weighted by molar-refractivity contribution is 0.0879. The second-order valence-corrected chi connectivity index (χ2v) is 5.56. The van der Waals surface area contributed by atoms with Gasteiger partial charge in [0.25, 0.3) is 11.8 Å². The molecule has 2 aromatic rings. The molecule has 1 aliphatic rings. The summed E-state index contributed by atoms with van der Waals surface area (Å²) in [6, 6.07) is 14.4. The molecular weight excluding hydrogens is 304 g/mol. The highest BCUT2D eigenvalue weighted by molar-refractivity contribution is 6.22. The Balaban J connectivity index is 1.50. The fourth-order valence-electron chi connectivity index (χ4n) is 2.73. The maximum Gasteiger partial charge on any atom is 0.259 e. The molecule has 5 nitrogen and oxygen atoms in total. The van der Waals surface area contributed by atoms with Crippen molar-refractivity contribution >= 4 is 11.8 Å². The van der Waals surface area contributed by atoms with E-state index in [9.17, 15) is 9.59 Å². The van der Waals surface area contributed by atoms with Crippen LogP contribution in [-0.4, -0.2) is 18.4 Å². The summed E-state index contributed by atoms with van der Waals surface area (Å²) in [5.41, 5.74) is 2.48. The molecule has 0 atom stereocenters. The molecule has 1 heterocycles. The Bertz CT molecular complexity index is 819. The minimum absolute atomic E-state index is 0.306. The van der Waals surface area contributed by atoms with Gasteiger partial charge in [0, 0.05) is 0 Å². The fourth-order valence-corrected chi connectivity index (χ4v) is 2.73. The number of benzene rings is 2. The summed E-state index contributed by atoms with van der Waals surface area (Å²) < 4.78 is 5.63. The Hall–Kier alpha value is -3.13. The van der Waals surface area contributed by atoms with E-state index in [0.717, 1.165) is 30.6 Å². The van der Waals surface area contributed by atoms with Crippen LogP contribution in [0.3, 0.4) is 0 Å². The molecule has 0 saturated heterocycles. The van der Waals surface area contributed by atoms with Gasteiger partial charge in [0.15, 0.2) is 0 Å². The van der Waals surface area contributed by atoms with Crippen molar-refractivity contribution in [2.24, 2.45) is 0 Å². The van der Waals surface area contributed by atoms with Crippen LogP contribution >= 0.6 is 0 Å². The number of hydrogen-bond donors (Lipinski definition) is 1. The van der Waals surface area contributed by atoms with Crippen molar-refractivity contribution in [2.45, 2.75) is 19.3 Å². The molecule has 0 fully saturated rings. The average molecular weight is 320 g/mol. The predicted molar refractivity (Wildman–Crippen MR) is 87.8 cm³/mol. The molecule has 1 aliphatic heterocycles. The first-order valence-electron chi connectivity index (χ1n) is 7.79. The molecule has 0 bridgehead atoms. The second-order valence-electron chi connectivity index (χ2n) is 5.56. The summed E-state index contributed by atoms with van der Waals surface area (Å²) in [6.45, 7) is 0.562. The Morgan fingerprint density at radius 3 is 2.54 bits per heavy atom. The molecule has 2 aromatic carbocycles. The average Bonchev–Trinajstić information content (AvgIpc) is 2.90. The number of ether oxygens (including phenoxy) is 1.